The van der Waals surface area contributed by atoms with Crippen LogP contribution in [-0.4, -0.2) is 26.0 Å². The van der Waals surface area contributed by atoms with E-state index in [1.165, 1.54) is 19.3 Å². The molecule has 0 spiro atoms. The summed E-state index contributed by atoms with van der Waals surface area (Å²) in [4.78, 5) is 2.00. The number of unbranched alkanes of at least 4 members (excludes halogenated alkanes) is 2. The lowest BCUT2D eigenvalue weighted by Crippen LogP contribution is -1.99. The van der Waals surface area contributed by atoms with Gasteiger partial charge in [-0.15, -0.1) is 0 Å². The summed E-state index contributed by atoms with van der Waals surface area (Å²) in [6.45, 7) is 4.28. The van der Waals surface area contributed by atoms with Crippen molar-refractivity contribution in [1.82, 2.24) is 4.90 Å². The van der Waals surface area contributed by atoms with Gasteiger partial charge in [-0.05, 0) is 34.5 Å². The first-order valence-corrected chi connectivity index (χ1v) is 4.37. The van der Waals surface area contributed by atoms with E-state index < -0.39 is 0 Å². The average Bonchev–Trinajstić information content (AvgIpc) is 1.88. The molecule has 0 aromatic rings. The summed E-state index contributed by atoms with van der Waals surface area (Å²) >= 11 is 0. The Morgan fingerprint density at radius 3 is 1.91 bits per heavy atom. The van der Waals surface area contributed by atoms with Crippen molar-refractivity contribution in [3.63, 3.8) is 0 Å². The molecule has 0 N–H and O–H groups in total. The zero-order valence-electron chi connectivity index (χ0n) is 8.72. The van der Waals surface area contributed by atoms with Crippen molar-refractivity contribution in [3.8, 4) is 0 Å². The van der Waals surface area contributed by atoms with Crippen LogP contribution >= 0.6 is 0 Å². The van der Waals surface area contributed by atoms with Crippen LogP contribution < -0.4 is 0 Å². The number of allylic oxidation sites excluding steroid dienone is 2. The molecule has 0 aromatic heterocycles. The lowest BCUT2D eigenvalue weighted by molar-refractivity contribution is 0.505. The van der Waals surface area contributed by atoms with Gasteiger partial charge in [0.1, 0.15) is 0 Å². The molecule has 0 heterocycles. The summed E-state index contributed by atoms with van der Waals surface area (Å²) in [5, 5.41) is 0. The Morgan fingerprint density at radius 2 is 1.64 bits per heavy atom. The summed E-state index contributed by atoms with van der Waals surface area (Å²) in [5.74, 6) is 0. The van der Waals surface area contributed by atoms with Gasteiger partial charge in [-0.2, -0.15) is 0 Å². The average molecular weight is 157 g/mol. The zero-order valence-corrected chi connectivity index (χ0v) is 8.72. The summed E-state index contributed by atoms with van der Waals surface area (Å²) in [5.41, 5.74) is 0. The van der Waals surface area contributed by atoms with Crippen LogP contribution in [-0.2, 0) is 0 Å². The van der Waals surface area contributed by atoms with Crippen LogP contribution in [0.15, 0.2) is 12.2 Å². The van der Waals surface area contributed by atoms with Crippen LogP contribution in [0.2, 0.25) is 0 Å². The molecule has 0 unspecified atom stereocenters. The van der Waals surface area contributed by atoms with Gasteiger partial charge in [-0.3, -0.25) is 0 Å². The van der Waals surface area contributed by atoms with Gasteiger partial charge in [0.2, 0.25) is 0 Å². The lowest BCUT2D eigenvalue weighted by Gasteiger charge is -1.90. The fourth-order valence-corrected chi connectivity index (χ4v) is 0.489. The molecule has 0 amide bonds. The molecule has 0 saturated carbocycles. The van der Waals surface area contributed by atoms with Crippen LogP contribution in [0.25, 0.3) is 0 Å². The van der Waals surface area contributed by atoms with Crippen LogP contribution in [0.5, 0.6) is 0 Å². The zero-order chi connectivity index (χ0) is 9.11. The van der Waals surface area contributed by atoms with E-state index >= 15 is 0 Å². The molecule has 0 atom stereocenters. The number of hydrogen-bond donors (Lipinski definition) is 0. The summed E-state index contributed by atoms with van der Waals surface area (Å²) in [6, 6.07) is 0. The molecule has 0 radical (unpaired) electrons. The monoisotopic (exact) mass is 157 g/mol. The van der Waals surface area contributed by atoms with Crippen LogP contribution in [0.4, 0.5) is 0 Å². The van der Waals surface area contributed by atoms with Gasteiger partial charge in [-0.25, -0.2) is 0 Å². The first-order chi connectivity index (χ1) is 5.15. The van der Waals surface area contributed by atoms with E-state index in [2.05, 4.69) is 26.0 Å². The van der Waals surface area contributed by atoms with E-state index in [4.69, 9.17) is 0 Å². The van der Waals surface area contributed by atoms with Crippen LogP contribution in [0.3, 0.4) is 0 Å². The van der Waals surface area contributed by atoms with Gasteiger partial charge in [-0.1, -0.05) is 31.9 Å². The molecular formula is C10H23N. The van der Waals surface area contributed by atoms with Crippen molar-refractivity contribution in [2.45, 2.75) is 33.1 Å². The third-order valence-corrected chi connectivity index (χ3v) is 0.960. The molecule has 0 saturated heterocycles. The molecule has 0 aromatic carbocycles. The fourth-order valence-electron chi connectivity index (χ4n) is 0.489. The van der Waals surface area contributed by atoms with Crippen LogP contribution in [0.1, 0.15) is 33.1 Å². The van der Waals surface area contributed by atoms with Gasteiger partial charge < -0.3 is 4.90 Å². The minimum absolute atomic E-state index is 1.26. The molecule has 0 bridgehead atoms. The maximum absolute atomic E-state index is 2.21. The maximum atomic E-state index is 2.21. The Hall–Kier alpha value is -0.300. The number of nitrogens with zero attached hydrogens (tertiary/aromatic N) is 1. The second-order valence-corrected chi connectivity index (χ2v) is 3.05. The van der Waals surface area contributed by atoms with Crippen molar-refractivity contribution in [2.24, 2.45) is 0 Å². The first kappa shape index (κ1) is 13.3. The lowest BCUT2D eigenvalue weighted by atomic mass is 10.2. The largest absolute Gasteiger partial charge is 0.312 e. The Morgan fingerprint density at radius 1 is 1.18 bits per heavy atom. The van der Waals surface area contributed by atoms with Gasteiger partial charge >= 0.3 is 0 Å². The summed E-state index contributed by atoms with van der Waals surface area (Å²) in [7, 11) is 6.00. The topological polar surface area (TPSA) is 3.24 Å². The van der Waals surface area contributed by atoms with E-state index in [0.717, 1.165) is 0 Å². The first-order valence-electron chi connectivity index (χ1n) is 4.37. The third-order valence-electron chi connectivity index (χ3n) is 0.960. The molecule has 1 nitrogen and oxygen atoms in total. The Kier molecular flexibility index (Phi) is 15.0. The second-order valence-electron chi connectivity index (χ2n) is 3.05. The van der Waals surface area contributed by atoms with E-state index in [0.29, 0.717) is 0 Å². The molecule has 11 heavy (non-hydrogen) atoms. The highest BCUT2D eigenvalue weighted by Gasteiger charge is 1.73. The Bertz CT molecular complexity index is 72.2. The molecular weight excluding hydrogens is 134 g/mol. The molecule has 0 aliphatic rings. The second kappa shape index (κ2) is 12.4. The smallest absolute Gasteiger partial charge is 0.0140 e. The van der Waals surface area contributed by atoms with Gasteiger partial charge in [0.25, 0.3) is 0 Å². The van der Waals surface area contributed by atoms with Crippen molar-refractivity contribution in [3.05, 3.63) is 12.2 Å². The predicted molar refractivity (Wildman–Crippen MR) is 54.0 cm³/mol. The molecule has 0 fully saturated rings. The van der Waals surface area contributed by atoms with E-state index in [9.17, 15) is 0 Å². The predicted octanol–water partition coefficient (Wildman–Crippen LogP) is 2.93. The fraction of sp³-hybridized carbons (Fsp3) is 0.800. The quantitative estimate of drug-likeness (QED) is 0.450. The number of rotatable bonds is 3. The molecule has 1 heteroatoms. The highest BCUT2D eigenvalue weighted by Crippen LogP contribution is 1.93. The van der Waals surface area contributed by atoms with E-state index in [-0.39, 0.29) is 0 Å². The van der Waals surface area contributed by atoms with Crippen LogP contribution in [0, 0.1) is 0 Å². The SMILES string of the molecule is CC=CCCCC.CN(C)C. The van der Waals surface area contributed by atoms with Crippen molar-refractivity contribution in [1.29, 1.82) is 0 Å². The Balaban J connectivity index is 0. The van der Waals surface area contributed by atoms with Gasteiger partial charge in [0.05, 0.1) is 0 Å². The van der Waals surface area contributed by atoms with Crippen molar-refractivity contribution in [2.75, 3.05) is 21.1 Å². The Labute approximate surface area is 72.1 Å². The highest BCUT2D eigenvalue weighted by molar-refractivity contribution is 4.75. The number of hydrogen-bond acceptors (Lipinski definition) is 1. The van der Waals surface area contributed by atoms with Gasteiger partial charge in [0, 0.05) is 0 Å². The minimum atomic E-state index is 1.26. The van der Waals surface area contributed by atoms with Crippen molar-refractivity contribution >= 4 is 0 Å². The maximum Gasteiger partial charge on any atom is -0.0140 e. The van der Waals surface area contributed by atoms with E-state index in [1.807, 2.05) is 26.0 Å². The molecule has 0 aliphatic carbocycles. The van der Waals surface area contributed by atoms with E-state index in [1.54, 1.807) is 0 Å². The summed E-state index contributed by atoms with van der Waals surface area (Å²) in [6.07, 6.45) is 8.22. The third kappa shape index (κ3) is 42.0. The normalized spacial score (nSPS) is 10.0. The standard InChI is InChI=1S/C7H14.C3H9N/c1-3-5-7-6-4-2;1-4(2)3/h3,5H,4,6-7H2,1-2H3;1-3H3. The summed E-state index contributed by atoms with van der Waals surface area (Å²) < 4.78 is 0. The molecule has 0 rings (SSSR count). The van der Waals surface area contributed by atoms with Crippen molar-refractivity contribution < 1.29 is 0 Å². The van der Waals surface area contributed by atoms with Gasteiger partial charge in [0.15, 0.2) is 0 Å². The highest BCUT2D eigenvalue weighted by atomic mass is 15.0. The minimum Gasteiger partial charge on any atom is -0.312 e. The molecule has 0 aliphatic heterocycles. The molecule has 68 valence electrons.